The lowest BCUT2D eigenvalue weighted by Gasteiger charge is -2.29. The molecule has 2 aliphatic carbocycles. The summed E-state index contributed by atoms with van der Waals surface area (Å²) in [5.74, 6) is -0.0137. The minimum absolute atomic E-state index is 0.102. The highest BCUT2D eigenvalue weighted by Gasteiger charge is 2.47. The molecule has 0 spiro atoms. The summed E-state index contributed by atoms with van der Waals surface area (Å²) in [5.41, 5.74) is 1.18. The molecule has 1 heterocycles. The Kier molecular flexibility index (Phi) is 5.77. The minimum atomic E-state index is -0.568. The fourth-order valence-electron chi connectivity index (χ4n) is 4.29. The van der Waals surface area contributed by atoms with Crippen LogP contribution < -0.4 is 5.32 Å². The third-order valence-electron chi connectivity index (χ3n) is 6.41. The second-order valence-corrected chi connectivity index (χ2v) is 8.86. The van der Waals surface area contributed by atoms with Gasteiger partial charge in [0, 0.05) is 25.2 Å². The zero-order valence-electron chi connectivity index (χ0n) is 18.0. The molecule has 2 aromatic rings. The molecule has 2 amide bonds. The van der Waals surface area contributed by atoms with E-state index < -0.39 is 5.54 Å². The highest BCUT2D eigenvalue weighted by atomic mass is 16.2. The van der Waals surface area contributed by atoms with E-state index in [0.29, 0.717) is 16.8 Å². The van der Waals surface area contributed by atoms with E-state index in [0.717, 1.165) is 38.5 Å². The number of nitrogens with one attached hydrogen (secondary N) is 1. The molecular weight excluding hydrogens is 392 g/mol. The molecule has 2 saturated carbocycles. The number of benzene rings is 1. The lowest BCUT2D eigenvalue weighted by molar-refractivity contribution is 0.0826. The number of carbonyl (C=O) groups excluding carboxylic acids is 2. The smallest absolute Gasteiger partial charge is 0.253 e. The molecule has 0 aliphatic heterocycles. The van der Waals surface area contributed by atoms with Gasteiger partial charge in [-0.2, -0.15) is 5.26 Å². The maximum atomic E-state index is 13.0. The van der Waals surface area contributed by atoms with Gasteiger partial charge in [0.25, 0.3) is 11.8 Å². The SMILES string of the molecule is CN(C)C(=O)c1ccc(C(=O)N[C@H](c2cn(C3(C#N)CC3)nn2)C2CCCCC2)cc1. The number of rotatable bonds is 6. The van der Waals surface area contributed by atoms with Crippen LogP contribution in [0.2, 0.25) is 0 Å². The van der Waals surface area contributed by atoms with Crippen molar-refractivity contribution in [3.8, 4) is 6.07 Å². The molecule has 162 valence electrons. The Balaban J connectivity index is 1.54. The average Bonchev–Trinajstić information content (AvgIpc) is 3.45. The third kappa shape index (κ3) is 4.31. The van der Waals surface area contributed by atoms with Crippen molar-refractivity contribution in [1.29, 1.82) is 5.26 Å². The second-order valence-electron chi connectivity index (χ2n) is 8.86. The van der Waals surface area contributed by atoms with Crippen LogP contribution in [0.4, 0.5) is 0 Å². The first-order valence-corrected chi connectivity index (χ1v) is 10.9. The number of hydrogen-bond donors (Lipinski definition) is 1. The molecule has 0 radical (unpaired) electrons. The van der Waals surface area contributed by atoms with Crippen LogP contribution in [-0.2, 0) is 5.54 Å². The van der Waals surface area contributed by atoms with Crippen molar-refractivity contribution in [3.05, 3.63) is 47.3 Å². The molecule has 1 aromatic carbocycles. The van der Waals surface area contributed by atoms with Gasteiger partial charge in [-0.15, -0.1) is 5.10 Å². The van der Waals surface area contributed by atoms with Crippen LogP contribution in [0.1, 0.15) is 77.4 Å². The first-order chi connectivity index (χ1) is 14.9. The van der Waals surface area contributed by atoms with Gasteiger partial charge in [-0.05, 0) is 55.9 Å². The van der Waals surface area contributed by atoms with Crippen LogP contribution in [-0.4, -0.2) is 45.8 Å². The van der Waals surface area contributed by atoms with Gasteiger partial charge in [0.1, 0.15) is 5.69 Å². The summed E-state index contributed by atoms with van der Waals surface area (Å²) >= 11 is 0. The Hall–Kier alpha value is -3.21. The van der Waals surface area contributed by atoms with Crippen molar-refractivity contribution in [2.45, 2.75) is 56.5 Å². The lowest BCUT2D eigenvalue weighted by Crippen LogP contribution is -2.34. The first-order valence-electron chi connectivity index (χ1n) is 10.9. The van der Waals surface area contributed by atoms with Crippen LogP contribution >= 0.6 is 0 Å². The molecule has 1 aromatic heterocycles. The quantitative estimate of drug-likeness (QED) is 0.773. The Morgan fingerprint density at radius 2 is 1.81 bits per heavy atom. The molecule has 31 heavy (non-hydrogen) atoms. The van der Waals surface area contributed by atoms with Crippen molar-refractivity contribution < 1.29 is 9.59 Å². The molecule has 1 N–H and O–H groups in total. The Bertz CT molecular complexity index is 994. The summed E-state index contributed by atoms with van der Waals surface area (Å²) < 4.78 is 1.66. The number of amides is 2. The van der Waals surface area contributed by atoms with E-state index in [1.807, 2.05) is 6.20 Å². The number of nitriles is 1. The van der Waals surface area contributed by atoms with E-state index in [1.54, 1.807) is 43.0 Å². The Morgan fingerprint density at radius 3 is 2.39 bits per heavy atom. The summed E-state index contributed by atoms with van der Waals surface area (Å²) in [4.78, 5) is 26.6. The van der Waals surface area contributed by atoms with Gasteiger partial charge in [-0.1, -0.05) is 24.5 Å². The van der Waals surface area contributed by atoms with E-state index in [4.69, 9.17) is 0 Å². The molecule has 0 bridgehead atoms. The van der Waals surface area contributed by atoms with Crippen LogP contribution in [0.25, 0.3) is 0 Å². The summed E-state index contributed by atoms with van der Waals surface area (Å²) in [5, 5.41) is 21.2. The zero-order chi connectivity index (χ0) is 22.0. The fraction of sp³-hybridized carbons (Fsp3) is 0.522. The standard InChI is InChI=1S/C23H28N6O2/c1-28(2)22(31)18-10-8-17(9-11-18)21(30)25-20(16-6-4-3-5-7-16)19-14-29(27-26-19)23(15-24)12-13-23/h8-11,14,16,20H,3-7,12-13H2,1-2H3,(H,25,30)/t20-/m0/s1. The van der Waals surface area contributed by atoms with E-state index in [2.05, 4.69) is 21.7 Å². The van der Waals surface area contributed by atoms with Gasteiger partial charge in [0.2, 0.25) is 0 Å². The molecule has 0 saturated heterocycles. The van der Waals surface area contributed by atoms with Crippen LogP contribution in [0.15, 0.2) is 30.5 Å². The summed E-state index contributed by atoms with van der Waals surface area (Å²) in [6.45, 7) is 0. The highest BCUT2D eigenvalue weighted by Crippen LogP contribution is 2.43. The third-order valence-corrected chi connectivity index (χ3v) is 6.41. The maximum Gasteiger partial charge on any atom is 0.253 e. The molecule has 8 nitrogen and oxygen atoms in total. The number of hydrogen-bond acceptors (Lipinski definition) is 5. The van der Waals surface area contributed by atoms with Crippen LogP contribution in [0.3, 0.4) is 0 Å². The number of nitrogens with zero attached hydrogens (tertiary/aromatic N) is 5. The van der Waals surface area contributed by atoms with Gasteiger partial charge >= 0.3 is 0 Å². The predicted molar refractivity (Wildman–Crippen MR) is 114 cm³/mol. The Morgan fingerprint density at radius 1 is 1.16 bits per heavy atom. The second kappa shape index (κ2) is 8.50. The number of carbonyl (C=O) groups is 2. The first kappa shape index (κ1) is 21.0. The highest BCUT2D eigenvalue weighted by molar-refractivity contribution is 5.97. The zero-order valence-corrected chi connectivity index (χ0v) is 18.0. The molecule has 2 fully saturated rings. The normalized spacial score (nSPS) is 18.6. The van der Waals surface area contributed by atoms with E-state index in [1.165, 1.54) is 11.3 Å². The molecule has 1 atom stereocenters. The molecule has 0 unspecified atom stereocenters. The summed E-state index contributed by atoms with van der Waals surface area (Å²) in [6, 6.07) is 8.78. The van der Waals surface area contributed by atoms with Crippen molar-refractivity contribution in [2.75, 3.05) is 14.1 Å². The molecule has 2 aliphatic rings. The van der Waals surface area contributed by atoms with Crippen LogP contribution in [0.5, 0.6) is 0 Å². The maximum absolute atomic E-state index is 13.0. The van der Waals surface area contributed by atoms with E-state index >= 15 is 0 Å². The molecular formula is C23H28N6O2. The van der Waals surface area contributed by atoms with Gasteiger partial charge in [-0.3, -0.25) is 9.59 Å². The van der Waals surface area contributed by atoms with Gasteiger partial charge < -0.3 is 10.2 Å². The van der Waals surface area contributed by atoms with Crippen molar-refractivity contribution in [3.63, 3.8) is 0 Å². The average molecular weight is 421 g/mol. The van der Waals surface area contributed by atoms with Crippen molar-refractivity contribution in [1.82, 2.24) is 25.2 Å². The molecule has 8 heteroatoms. The van der Waals surface area contributed by atoms with Gasteiger partial charge in [-0.25, -0.2) is 4.68 Å². The van der Waals surface area contributed by atoms with Gasteiger partial charge in [0.05, 0.1) is 18.3 Å². The van der Waals surface area contributed by atoms with Crippen molar-refractivity contribution in [2.24, 2.45) is 5.92 Å². The van der Waals surface area contributed by atoms with Crippen LogP contribution in [0, 0.1) is 17.2 Å². The topological polar surface area (TPSA) is 104 Å². The summed E-state index contributed by atoms with van der Waals surface area (Å²) in [7, 11) is 3.39. The monoisotopic (exact) mass is 420 g/mol. The predicted octanol–water partition coefficient (Wildman–Crippen LogP) is 3.04. The van der Waals surface area contributed by atoms with Crippen molar-refractivity contribution >= 4 is 11.8 Å². The van der Waals surface area contributed by atoms with Gasteiger partial charge in [0.15, 0.2) is 5.54 Å². The van der Waals surface area contributed by atoms with E-state index in [-0.39, 0.29) is 23.8 Å². The summed E-state index contributed by atoms with van der Waals surface area (Å²) in [6.07, 6.45) is 8.92. The Labute approximate surface area is 182 Å². The largest absolute Gasteiger partial charge is 0.345 e. The minimum Gasteiger partial charge on any atom is -0.345 e. The van der Waals surface area contributed by atoms with E-state index in [9.17, 15) is 14.9 Å². The molecule has 4 rings (SSSR count). The lowest BCUT2D eigenvalue weighted by atomic mass is 9.82. The number of aromatic nitrogens is 3. The fourth-order valence-corrected chi connectivity index (χ4v) is 4.29.